The van der Waals surface area contributed by atoms with Gasteiger partial charge in [-0.1, -0.05) is 77.6 Å². The number of carboxylic acid groups (broad SMARTS) is 1. The van der Waals surface area contributed by atoms with Crippen molar-refractivity contribution in [1.82, 2.24) is 0 Å². The number of aliphatic carboxylic acids is 1. The average Bonchev–Trinajstić information content (AvgIpc) is 2.39. The van der Waals surface area contributed by atoms with Gasteiger partial charge in [0.1, 0.15) is 0 Å². The van der Waals surface area contributed by atoms with Crippen molar-refractivity contribution in [2.24, 2.45) is 0 Å². The number of aliphatic hydroxyl groups is 1. The van der Waals surface area contributed by atoms with Crippen LogP contribution in [0.3, 0.4) is 0 Å². The maximum absolute atomic E-state index is 10.7. The minimum atomic E-state index is -1.54. The van der Waals surface area contributed by atoms with Crippen LogP contribution in [0.5, 0.6) is 0 Å². The molecular formula is C17H34O3. The van der Waals surface area contributed by atoms with Crippen LogP contribution in [0, 0.1) is 0 Å². The molecule has 0 spiro atoms. The summed E-state index contributed by atoms with van der Waals surface area (Å²) in [6, 6.07) is 0. The molecule has 0 aliphatic rings. The van der Waals surface area contributed by atoms with Crippen LogP contribution in [0.4, 0.5) is 0 Å². The van der Waals surface area contributed by atoms with E-state index >= 15 is 0 Å². The molecule has 0 fully saturated rings. The average molecular weight is 286 g/mol. The number of carboxylic acids is 1. The Balaban J connectivity index is 3.19. The second-order valence-corrected chi connectivity index (χ2v) is 6.22. The first-order chi connectivity index (χ1) is 9.50. The van der Waals surface area contributed by atoms with Crippen LogP contribution >= 0.6 is 0 Å². The quantitative estimate of drug-likeness (QED) is 0.446. The molecule has 1 unspecified atom stereocenters. The highest BCUT2D eigenvalue weighted by molar-refractivity contribution is 5.76. The molecule has 120 valence electrons. The van der Waals surface area contributed by atoms with E-state index in [1.807, 2.05) is 0 Å². The maximum Gasteiger partial charge on any atom is 0.335 e. The van der Waals surface area contributed by atoms with E-state index in [0.717, 1.165) is 19.3 Å². The van der Waals surface area contributed by atoms with Gasteiger partial charge in [0.25, 0.3) is 0 Å². The molecule has 0 bridgehead atoms. The van der Waals surface area contributed by atoms with Crippen LogP contribution in [-0.4, -0.2) is 21.8 Å². The highest BCUT2D eigenvalue weighted by atomic mass is 16.4. The van der Waals surface area contributed by atoms with Crippen molar-refractivity contribution in [3.05, 3.63) is 0 Å². The van der Waals surface area contributed by atoms with Crippen LogP contribution in [0.1, 0.15) is 97.3 Å². The van der Waals surface area contributed by atoms with Gasteiger partial charge >= 0.3 is 5.97 Å². The lowest BCUT2D eigenvalue weighted by molar-refractivity contribution is -0.157. The van der Waals surface area contributed by atoms with E-state index in [4.69, 9.17) is 5.11 Å². The monoisotopic (exact) mass is 286 g/mol. The highest BCUT2D eigenvalue weighted by Gasteiger charge is 2.28. The van der Waals surface area contributed by atoms with Crippen molar-refractivity contribution in [2.45, 2.75) is 103 Å². The Morgan fingerprint density at radius 3 is 1.50 bits per heavy atom. The van der Waals surface area contributed by atoms with E-state index in [1.165, 1.54) is 64.7 Å². The van der Waals surface area contributed by atoms with Crippen molar-refractivity contribution < 1.29 is 15.0 Å². The van der Waals surface area contributed by atoms with Gasteiger partial charge < -0.3 is 10.2 Å². The van der Waals surface area contributed by atoms with Gasteiger partial charge in [0.15, 0.2) is 5.60 Å². The Hall–Kier alpha value is -0.570. The number of unbranched alkanes of at least 4 members (excludes halogenated alkanes) is 11. The third-order valence-corrected chi connectivity index (χ3v) is 3.98. The third kappa shape index (κ3) is 11.3. The minimum absolute atomic E-state index is 0.361. The Morgan fingerprint density at radius 2 is 1.15 bits per heavy atom. The SMILES string of the molecule is CCCCCCCCCCCCCCC(C)(O)C(=O)O. The zero-order valence-corrected chi connectivity index (χ0v) is 13.5. The molecule has 0 aromatic carbocycles. The lowest BCUT2D eigenvalue weighted by Crippen LogP contribution is -2.34. The van der Waals surface area contributed by atoms with Crippen LogP contribution in [0.25, 0.3) is 0 Å². The van der Waals surface area contributed by atoms with Crippen LogP contribution < -0.4 is 0 Å². The van der Waals surface area contributed by atoms with E-state index in [2.05, 4.69) is 6.92 Å². The molecule has 20 heavy (non-hydrogen) atoms. The van der Waals surface area contributed by atoms with Crippen molar-refractivity contribution in [2.75, 3.05) is 0 Å². The number of hydrogen-bond acceptors (Lipinski definition) is 2. The molecule has 0 amide bonds. The van der Waals surface area contributed by atoms with Crippen LogP contribution in [0.2, 0.25) is 0 Å². The molecule has 0 heterocycles. The summed E-state index contributed by atoms with van der Waals surface area (Å²) < 4.78 is 0. The minimum Gasteiger partial charge on any atom is -0.479 e. The largest absolute Gasteiger partial charge is 0.479 e. The van der Waals surface area contributed by atoms with Crippen LogP contribution in [0.15, 0.2) is 0 Å². The van der Waals surface area contributed by atoms with Crippen LogP contribution in [-0.2, 0) is 4.79 Å². The molecule has 0 saturated carbocycles. The zero-order valence-electron chi connectivity index (χ0n) is 13.5. The van der Waals surface area contributed by atoms with Crippen molar-refractivity contribution in [3.63, 3.8) is 0 Å². The van der Waals surface area contributed by atoms with Gasteiger partial charge in [-0.15, -0.1) is 0 Å². The zero-order chi connectivity index (χ0) is 15.3. The topological polar surface area (TPSA) is 57.5 Å². The molecule has 0 radical (unpaired) electrons. The Labute approximate surface area is 124 Å². The molecular weight excluding hydrogens is 252 g/mol. The van der Waals surface area contributed by atoms with Crippen molar-refractivity contribution >= 4 is 5.97 Å². The smallest absolute Gasteiger partial charge is 0.335 e. The standard InChI is InChI=1S/C17H34O3/c1-3-4-5-6-7-8-9-10-11-12-13-14-15-17(2,20)16(18)19/h20H,3-15H2,1-2H3,(H,18,19). The van der Waals surface area contributed by atoms with E-state index < -0.39 is 11.6 Å². The van der Waals surface area contributed by atoms with Crippen molar-refractivity contribution in [1.29, 1.82) is 0 Å². The fraction of sp³-hybridized carbons (Fsp3) is 0.941. The van der Waals surface area contributed by atoms with Gasteiger partial charge in [-0.05, 0) is 19.8 Å². The van der Waals surface area contributed by atoms with Gasteiger partial charge in [0.2, 0.25) is 0 Å². The lowest BCUT2D eigenvalue weighted by Gasteiger charge is -2.17. The Kier molecular flexibility index (Phi) is 11.8. The summed E-state index contributed by atoms with van der Waals surface area (Å²) >= 11 is 0. The predicted octanol–water partition coefficient (Wildman–Crippen LogP) is 4.91. The Bertz CT molecular complexity index is 236. The summed E-state index contributed by atoms with van der Waals surface area (Å²) in [6.45, 7) is 3.63. The van der Waals surface area contributed by atoms with Crippen molar-refractivity contribution in [3.8, 4) is 0 Å². The third-order valence-electron chi connectivity index (χ3n) is 3.98. The summed E-state index contributed by atoms with van der Waals surface area (Å²) in [6.07, 6.45) is 15.4. The number of rotatable bonds is 14. The summed E-state index contributed by atoms with van der Waals surface area (Å²) in [5.74, 6) is -1.11. The van der Waals surface area contributed by atoms with E-state index in [1.54, 1.807) is 0 Å². The van der Waals surface area contributed by atoms with E-state index in [0.29, 0.717) is 6.42 Å². The molecule has 3 heteroatoms. The fourth-order valence-corrected chi connectivity index (χ4v) is 2.42. The molecule has 2 N–H and O–H groups in total. The first-order valence-corrected chi connectivity index (χ1v) is 8.46. The highest BCUT2D eigenvalue weighted by Crippen LogP contribution is 2.17. The second-order valence-electron chi connectivity index (χ2n) is 6.22. The van der Waals surface area contributed by atoms with Gasteiger partial charge in [-0.3, -0.25) is 0 Å². The summed E-state index contributed by atoms with van der Waals surface area (Å²) in [5, 5.41) is 18.3. The molecule has 0 rings (SSSR count). The van der Waals surface area contributed by atoms with Gasteiger partial charge in [0, 0.05) is 0 Å². The summed E-state index contributed by atoms with van der Waals surface area (Å²) in [7, 11) is 0. The molecule has 0 aliphatic heterocycles. The second kappa shape index (κ2) is 12.2. The maximum atomic E-state index is 10.7. The molecule has 1 atom stereocenters. The first-order valence-electron chi connectivity index (χ1n) is 8.46. The van der Waals surface area contributed by atoms with Gasteiger partial charge in [0.05, 0.1) is 0 Å². The Morgan fingerprint density at radius 1 is 0.800 bits per heavy atom. The lowest BCUT2D eigenvalue weighted by atomic mass is 9.97. The molecule has 0 aromatic heterocycles. The molecule has 0 aliphatic carbocycles. The number of carbonyl (C=O) groups is 1. The molecule has 0 saturated heterocycles. The predicted molar refractivity (Wildman–Crippen MR) is 84.0 cm³/mol. The molecule has 3 nitrogen and oxygen atoms in total. The van der Waals surface area contributed by atoms with E-state index in [9.17, 15) is 9.90 Å². The number of hydrogen-bond donors (Lipinski definition) is 2. The molecule has 0 aromatic rings. The summed E-state index contributed by atoms with van der Waals surface area (Å²) in [5.41, 5.74) is -1.54. The van der Waals surface area contributed by atoms with Gasteiger partial charge in [-0.2, -0.15) is 0 Å². The first kappa shape index (κ1) is 19.4. The normalized spacial score (nSPS) is 14.2. The van der Waals surface area contributed by atoms with Gasteiger partial charge in [-0.25, -0.2) is 4.79 Å². The summed E-state index contributed by atoms with van der Waals surface area (Å²) in [4.78, 5) is 10.7. The fourth-order valence-electron chi connectivity index (χ4n) is 2.42. The van der Waals surface area contributed by atoms with E-state index in [-0.39, 0.29) is 0 Å².